The van der Waals surface area contributed by atoms with Gasteiger partial charge in [-0.15, -0.1) is 11.8 Å². The lowest BCUT2D eigenvalue weighted by atomic mass is 10.2. The highest BCUT2D eigenvalue weighted by molar-refractivity contribution is 7.99. The van der Waals surface area contributed by atoms with E-state index in [2.05, 4.69) is 50.4 Å². The standard InChI is InChI=1S/C36H42F3N3O6S3Si/c1-35(2,3)52(30-16-10-6-11-17-30,31-18-12-7-13-19-31)48-23-22-42(4)34(43)24-27(26-49-28-14-8-5-9-15-28)41-32-21-20-29(51(40,46)47)25-33(32)50(44,45)36(37,38)39/h5-21,25,27,41H,22-24,26H2,1-4H3,(H2,40,46,47). The van der Waals surface area contributed by atoms with Crippen molar-refractivity contribution in [3.05, 3.63) is 109 Å². The molecule has 4 rings (SSSR count). The Morgan fingerprint density at radius 3 is 1.87 bits per heavy atom. The number of halogens is 3. The van der Waals surface area contributed by atoms with Gasteiger partial charge in [-0.1, -0.05) is 99.6 Å². The smallest absolute Gasteiger partial charge is 0.406 e. The summed E-state index contributed by atoms with van der Waals surface area (Å²) in [5, 5.41) is 9.76. The molecule has 0 fully saturated rings. The third-order valence-corrected chi connectivity index (χ3v) is 17.1. The molecule has 0 saturated heterocycles. The molecule has 1 atom stereocenters. The Hall–Kier alpha value is -3.67. The van der Waals surface area contributed by atoms with Gasteiger partial charge >= 0.3 is 5.51 Å². The molecule has 0 aliphatic rings. The number of nitrogens with zero attached hydrogens (tertiary/aromatic N) is 1. The number of sulfone groups is 1. The van der Waals surface area contributed by atoms with Gasteiger partial charge in [0.25, 0.3) is 18.2 Å². The van der Waals surface area contributed by atoms with Crippen molar-refractivity contribution in [2.24, 2.45) is 5.14 Å². The highest BCUT2D eigenvalue weighted by Gasteiger charge is 2.50. The van der Waals surface area contributed by atoms with Gasteiger partial charge in [-0.2, -0.15) is 13.2 Å². The van der Waals surface area contributed by atoms with E-state index in [0.717, 1.165) is 27.4 Å². The molecular weight excluding hydrogens is 752 g/mol. The number of likely N-dealkylation sites (N-methyl/N-ethyl adjacent to an activating group) is 1. The monoisotopic (exact) mass is 793 g/mol. The molecule has 0 aliphatic heterocycles. The quantitative estimate of drug-likeness (QED) is 0.117. The summed E-state index contributed by atoms with van der Waals surface area (Å²) in [6.45, 7) is 6.79. The SMILES string of the molecule is CN(CCO[Si](c1ccccc1)(c1ccccc1)C(C)(C)C)C(=O)CC(CSc1ccccc1)Nc1ccc(S(N)(=O)=O)cc1S(=O)(=O)C(F)(F)F. The lowest BCUT2D eigenvalue weighted by Crippen LogP contribution is -2.67. The van der Waals surface area contributed by atoms with E-state index >= 15 is 0 Å². The number of thioether (sulfide) groups is 1. The number of amides is 1. The zero-order valence-corrected chi connectivity index (χ0v) is 32.6. The number of nitrogens with two attached hydrogens (primary N) is 1. The van der Waals surface area contributed by atoms with Crippen LogP contribution >= 0.6 is 11.8 Å². The fraction of sp³-hybridized carbons (Fsp3) is 0.306. The van der Waals surface area contributed by atoms with Gasteiger partial charge < -0.3 is 14.6 Å². The fourth-order valence-electron chi connectivity index (χ4n) is 5.82. The van der Waals surface area contributed by atoms with Crippen LogP contribution in [0.15, 0.2) is 124 Å². The van der Waals surface area contributed by atoms with Crippen molar-refractivity contribution >= 4 is 61.9 Å². The van der Waals surface area contributed by atoms with Gasteiger partial charge in [0, 0.05) is 36.7 Å². The van der Waals surface area contributed by atoms with E-state index in [-0.39, 0.29) is 36.3 Å². The normalized spacial score (nSPS) is 13.4. The maximum Gasteiger partial charge on any atom is 0.501 e. The van der Waals surface area contributed by atoms with Crippen molar-refractivity contribution in [2.45, 2.75) is 58.5 Å². The van der Waals surface area contributed by atoms with Gasteiger partial charge in [0.1, 0.15) is 4.90 Å². The molecule has 0 bridgehead atoms. The molecular formula is C36H42F3N3O6S3Si. The molecule has 0 heterocycles. The van der Waals surface area contributed by atoms with Crippen LogP contribution < -0.4 is 20.8 Å². The van der Waals surface area contributed by atoms with Crippen molar-refractivity contribution in [1.82, 2.24) is 4.90 Å². The lowest BCUT2D eigenvalue weighted by molar-refractivity contribution is -0.130. The van der Waals surface area contributed by atoms with Crippen LogP contribution in [0.5, 0.6) is 0 Å². The summed E-state index contributed by atoms with van der Waals surface area (Å²) in [6.07, 6.45) is -0.238. The second-order valence-corrected chi connectivity index (χ2v) is 22.0. The summed E-state index contributed by atoms with van der Waals surface area (Å²) in [6, 6.07) is 30.4. The van der Waals surface area contributed by atoms with Crippen LogP contribution in [0.1, 0.15) is 27.2 Å². The molecule has 1 unspecified atom stereocenters. The van der Waals surface area contributed by atoms with Crippen LogP contribution in [-0.2, 0) is 29.1 Å². The summed E-state index contributed by atoms with van der Waals surface area (Å²) >= 11 is 1.31. The second-order valence-electron chi connectivity index (χ2n) is 13.1. The summed E-state index contributed by atoms with van der Waals surface area (Å²) in [5.41, 5.74) is -6.26. The summed E-state index contributed by atoms with van der Waals surface area (Å²) in [7, 11) is -11.9. The Morgan fingerprint density at radius 1 is 0.865 bits per heavy atom. The number of alkyl halides is 3. The number of hydrogen-bond donors (Lipinski definition) is 2. The Morgan fingerprint density at radius 2 is 1.38 bits per heavy atom. The Kier molecular flexibility index (Phi) is 13.1. The number of primary sulfonamides is 1. The first-order valence-electron chi connectivity index (χ1n) is 16.2. The topological polar surface area (TPSA) is 136 Å². The molecule has 0 saturated carbocycles. The molecule has 0 radical (unpaired) electrons. The maximum atomic E-state index is 13.8. The van der Waals surface area contributed by atoms with Crippen molar-refractivity contribution in [2.75, 3.05) is 31.3 Å². The first-order chi connectivity index (χ1) is 24.3. The van der Waals surface area contributed by atoms with E-state index in [4.69, 9.17) is 9.56 Å². The Bertz CT molecular complexity index is 1990. The largest absolute Gasteiger partial charge is 0.501 e. The van der Waals surface area contributed by atoms with Crippen LogP contribution in [0.2, 0.25) is 5.04 Å². The van der Waals surface area contributed by atoms with E-state index in [9.17, 15) is 34.8 Å². The third kappa shape index (κ3) is 9.65. The number of sulfonamides is 1. The Balaban J connectivity index is 1.61. The molecule has 280 valence electrons. The zero-order valence-electron chi connectivity index (χ0n) is 29.1. The van der Waals surface area contributed by atoms with E-state index in [1.165, 1.54) is 16.7 Å². The second kappa shape index (κ2) is 16.6. The molecule has 0 aromatic heterocycles. The fourth-order valence-corrected chi connectivity index (χ4v) is 12.9. The summed E-state index contributed by atoms with van der Waals surface area (Å²) < 4.78 is 97.4. The van der Waals surface area contributed by atoms with Gasteiger partial charge in [0.05, 0.1) is 17.2 Å². The van der Waals surface area contributed by atoms with E-state index in [0.29, 0.717) is 6.07 Å². The van der Waals surface area contributed by atoms with Crippen LogP contribution in [-0.4, -0.2) is 73.5 Å². The molecule has 3 N–H and O–H groups in total. The van der Waals surface area contributed by atoms with Crippen LogP contribution in [0.25, 0.3) is 0 Å². The predicted molar refractivity (Wildman–Crippen MR) is 201 cm³/mol. The first-order valence-corrected chi connectivity index (χ1v) is 22.1. The molecule has 52 heavy (non-hydrogen) atoms. The van der Waals surface area contributed by atoms with E-state index < -0.39 is 55.2 Å². The van der Waals surface area contributed by atoms with Crippen LogP contribution in [0.4, 0.5) is 18.9 Å². The minimum absolute atomic E-state index is 0.143. The van der Waals surface area contributed by atoms with Gasteiger partial charge in [-0.25, -0.2) is 22.0 Å². The molecule has 4 aromatic rings. The zero-order chi connectivity index (χ0) is 38.4. The highest BCUT2D eigenvalue weighted by Crippen LogP contribution is 2.38. The molecule has 0 spiro atoms. The third-order valence-electron chi connectivity index (χ3n) is 8.44. The molecule has 0 aliphatic carbocycles. The summed E-state index contributed by atoms with van der Waals surface area (Å²) in [4.78, 5) is 13.9. The number of anilines is 1. The number of hydrogen-bond acceptors (Lipinski definition) is 8. The first kappa shape index (κ1) is 41.1. The lowest BCUT2D eigenvalue weighted by Gasteiger charge is -2.43. The van der Waals surface area contributed by atoms with E-state index in [1.807, 2.05) is 54.6 Å². The highest BCUT2D eigenvalue weighted by atomic mass is 32.2. The molecule has 16 heteroatoms. The average molecular weight is 794 g/mol. The van der Waals surface area contributed by atoms with Crippen molar-refractivity contribution in [1.29, 1.82) is 0 Å². The van der Waals surface area contributed by atoms with Gasteiger partial charge in [0.2, 0.25) is 15.9 Å². The average Bonchev–Trinajstić information content (AvgIpc) is 3.08. The van der Waals surface area contributed by atoms with Crippen molar-refractivity contribution in [3.8, 4) is 0 Å². The number of benzene rings is 4. The number of nitrogens with one attached hydrogen (secondary N) is 1. The molecule has 9 nitrogen and oxygen atoms in total. The van der Waals surface area contributed by atoms with Gasteiger partial charge in [0.15, 0.2) is 0 Å². The number of carbonyl (C=O) groups is 1. The van der Waals surface area contributed by atoms with Crippen molar-refractivity contribution in [3.63, 3.8) is 0 Å². The number of carbonyl (C=O) groups excluding carboxylic acids is 1. The predicted octanol–water partition coefficient (Wildman–Crippen LogP) is 5.63. The Labute approximate surface area is 308 Å². The summed E-state index contributed by atoms with van der Waals surface area (Å²) in [5.74, 6) is -0.233. The van der Waals surface area contributed by atoms with Gasteiger partial charge in [-0.3, -0.25) is 4.79 Å². The number of rotatable bonds is 15. The van der Waals surface area contributed by atoms with Crippen LogP contribution in [0, 0.1) is 0 Å². The van der Waals surface area contributed by atoms with E-state index in [1.54, 1.807) is 19.2 Å². The minimum Gasteiger partial charge on any atom is -0.406 e. The minimum atomic E-state index is -6.03. The van der Waals surface area contributed by atoms with Crippen LogP contribution in [0.3, 0.4) is 0 Å². The van der Waals surface area contributed by atoms with Gasteiger partial charge in [-0.05, 0) is 45.7 Å². The van der Waals surface area contributed by atoms with Crippen molar-refractivity contribution < 1.29 is 39.2 Å². The maximum absolute atomic E-state index is 13.8. The molecule has 4 aromatic carbocycles. The molecule has 1 amide bonds.